The highest BCUT2D eigenvalue weighted by Gasteiger charge is 2.52. The number of rotatable bonds is 10. The molecule has 1 aromatic heterocycles. The molecule has 1 fully saturated rings. The summed E-state index contributed by atoms with van der Waals surface area (Å²) in [5, 5.41) is 24.0. The third-order valence-corrected chi connectivity index (χ3v) is 8.12. The number of nitrogens with one attached hydrogen (secondary N) is 1. The molecule has 3 heterocycles. The van der Waals surface area contributed by atoms with Crippen LogP contribution in [0.4, 0.5) is 0 Å². The largest absolute Gasteiger partial charge is 0.496 e. The van der Waals surface area contributed by atoms with Crippen molar-refractivity contribution >= 4 is 41.2 Å². The minimum atomic E-state index is -0.437. The highest BCUT2D eigenvalue weighted by atomic mass is 79.9. The Morgan fingerprint density at radius 1 is 0.917 bits per heavy atom. The predicted molar refractivity (Wildman–Crippen MR) is 184 cm³/mol. The Kier molecular flexibility index (Phi) is 14.4. The Labute approximate surface area is 288 Å². The second-order valence-electron chi connectivity index (χ2n) is 11.3. The van der Waals surface area contributed by atoms with E-state index < -0.39 is 11.9 Å². The van der Waals surface area contributed by atoms with Crippen LogP contribution in [0.3, 0.4) is 0 Å². The standard InChI is InChI=1S/C13H14N2O4.C10H16BNO2.C10H11BrO4/c1-18-13(17)9-2-3-11(10-7-14-15-8-10)12(6-9)19-5-4-16;1-9(2)10(3,4)14-11(13-9)8-5-6-12-7-8;1-14-10(13)7-2-3-8(11)9(6-7)15-5-4-12/h2-3,6-8,16H,4-5H2,1H3,(H,14,15);5,7H,6H2,1-4H3;2-3,6,12H,4-5H2,1H3. The first-order valence-corrected chi connectivity index (χ1v) is 15.8. The molecule has 258 valence electrons. The Morgan fingerprint density at radius 3 is 1.98 bits per heavy atom. The maximum absolute atomic E-state index is 11.5. The van der Waals surface area contributed by atoms with Crippen molar-refractivity contribution in [3.05, 3.63) is 75.9 Å². The summed E-state index contributed by atoms with van der Waals surface area (Å²) in [5.41, 5.74) is 2.96. The summed E-state index contributed by atoms with van der Waals surface area (Å²) >= 11 is 3.27. The normalized spacial score (nSPS) is 15.4. The van der Waals surface area contributed by atoms with Gasteiger partial charge in [-0.1, -0.05) is 6.08 Å². The fraction of sp³-hybridized carbons (Fsp3) is 0.394. The molecule has 3 N–H and O–H groups in total. The fourth-order valence-corrected chi connectivity index (χ4v) is 4.56. The summed E-state index contributed by atoms with van der Waals surface area (Å²) in [6, 6.07) is 9.87. The molecule has 0 bridgehead atoms. The van der Waals surface area contributed by atoms with Gasteiger partial charge in [-0.2, -0.15) is 5.10 Å². The molecule has 0 aliphatic carbocycles. The Bertz CT molecular complexity index is 1560. The molecule has 15 heteroatoms. The molecule has 2 aliphatic heterocycles. The molecule has 48 heavy (non-hydrogen) atoms. The smallest absolute Gasteiger partial charge is 0.491 e. The van der Waals surface area contributed by atoms with Crippen molar-refractivity contribution in [2.75, 3.05) is 47.2 Å². The molecule has 0 radical (unpaired) electrons. The van der Waals surface area contributed by atoms with E-state index in [4.69, 9.17) is 29.0 Å². The quantitative estimate of drug-likeness (QED) is 0.199. The summed E-state index contributed by atoms with van der Waals surface area (Å²) in [6.07, 6.45) is 7.25. The van der Waals surface area contributed by atoms with E-state index >= 15 is 0 Å². The van der Waals surface area contributed by atoms with Crippen LogP contribution in [0.1, 0.15) is 48.4 Å². The molecule has 1 saturated heterocycles. The lowest BCUT2D eigenvalue weighted by Crippen LogP contribution is -2.41. The number of hydrogen-bond acceptors (Lipinski definition) is 12. The van der Waals surface area contributed by atoms with E-state index in [1.54, 1.807) is 48.8 Å². The van der Waals surface area contributed by atoms with E-state index in [0.717, 1.165) is 27.6 Å². The highest BCUT2D eigenvalue weighted by molar-refractivity contribution is 9.10. The third-order valence-electron chi connectivity index (χ3n) is 7.46. The van der Waals surface area contributed by atoms with Crippen molar-refractivity contribution < 1.29 is 48.1 Å². The molecular formula is C33H41BBrN3O10. The molecule has 0 unspecified atom stereocenters. The minimum Gasteiger partial charge on any atom is -0.491 e. The molecule has 3 aromatic rings. The van der Waals surface area contributed by atoms with Crippen LogP contribution in [0, 0.1) is 0 Å². The van der Waals surface area contributed by atoms with Gasteiger partial charge in [-0.3, -0.25) is 10.1 Å². The topological polar surface area (TPSA) is 171 Å². The Balaban J connectivity index is 0.000000198. The van der Waals surface area contributed by atoms with Gasteiger partial charge in [0.15, 0.2) is 0 Å². The van der Waals surface area contributed by atoms with Crippen LogP contribution in [0.5, 0.6) is 11.5 Å². The maximum Gasteiger partial charge on any atom is 0.496 e. The van der Waals surface area contributed by atoms with Gasteiger partial charge in [-0.15, -0.1) is 0 Å². The number of H-pyrrole nitrogens is 1. The zero-order valence-corrected chi connectivity index (χ0v) is 29.4. The van der Waals surface area contributed by atoms with Crippen LogP contribution in [0.15, 0.2) is 69.8 Å². The number of methoxy groups -OCH3 is 2. The van der Waals surface area contributed by atoms with Crippen LogP contribution in [-0.2, 0) is 18.8 Å². The van der Waals surface area contributed by atoms with Gasteiger partial charge in [0.2, 0.25) is 0 Å². The Hall–Kier alpha value is -4.02. The zero-order valence-electron chi connectivity index (χ0n) is 27.8. The number of esters is 2. The van der Waals surface area contributed by atoms with Gasteiger partial charge in [0.25, 0.3) is 0 Å². The number of aliphatic hydroxyl groups is 2. The van der Waals surface area contributed by atoms with Crippen molar-refractivity contribution in [2.45, 2.75) is 38.9 Å². The SMILES string of the molecule is CC1(C)OB(C2=CCN=C2)OC1(C)C.COC(=O)c1ccc(-c2cn[nH]c2)c(OCCO)c1.COC(=O)c1ccc(Br)c(OCCO)c1. The first-order valence-electron chi connectivity index (χ1n) is 15.0. The van der Waals surface area contributed by atoms with Crippen LogP contribution >= 0.6 is 15.9 Å². The summed E-state index contributed by atoms with van der Waals surface area (Å²) in [6.45, 7) is 9.12. The monoisotopic (exact) mass is 729 g/mol. The summed E-state index contributed by atoms with van der Waals surface area (Å²) in [4.78, 5) is 26.8. The number of aliphatic hydroxyl groups excluding tert-OH is 2. The number of ether oxygens (including phenoxy) is 4. The van der Waals surface area contributed by atoms with Crippen molar-refractivity contribution in [2.24, 2.45) is 4.99 Å². The van der Waals surface area contributed by atoms with Gasteiger partial charge in [0.1, 0.15) is 24.7 Å². The van der Waals surface area contributed by atoms with Crippen molar-refractivity contribution in [1.82, 2.24) is 10.2 Å². The highest BCUT2D eigenvalue weighted by Crippen LogP contribution is 2.38. The number of nitrogens with zero attached hydrogens (tertiary/aromatic N) is 2. The number of aromatic amines is 1. The van der Waals surface area contributed by atoms with E-state index in [9.17, 15) is 9.59 Å². The van der Waals surface area contributed by atoms with Gasteiger partial charge in [0, 0.05) is 23.5 Å². The number of aliphatic imine (C=N–C) groups is 1. The molecule has 2 aromatic carbocycles. The van der Waals surface area contributed by atoms with Crippen LogP contribution in [0.25, 0.3) is 11.1 Å². The van der Waals surface area contributed by atoms with E-state index in [0.29, 0.717) is 22.6 Å². The van der Waals surface area contributed by atoms with Crippen molar-refractivity contribution in [3.8, 4) is 22.6 Å². The lowest BCUT2D eigenvalue weighted by atomic mass is 9.79. The number of halogens is 1. The van der Waals surface area contributed by atoms with Crippen LogP contribution in [-0.4, -0.2) is 104 Å². The first kappa shape index (κ1) is 38.4. The molecule has 13 nitrogen and oxygen atoms in total. The molecule has 0 spiro atoms. The van der Waals surface area contributed by atoms with Gasteiger partial charge in [0.05, 0.1) is 67.0 Å². The van der Waals surface area contributed by atoms with Crippen molar-refractivity contribution in [3.63, 3.8) is 0 Å². The van der Waals surface area contributed by atoms with Crippen LogP contribution in [0.2, 0.25) is 0 Å². The fourth-order valence-electron chi connectivity index (χ4n) is 4.20. The van der Waals surface area contributed by atoms with E-state index in [-0.39, 0.29) is 44.7 Å². The van der Waals surface area contributed by atoms with Crippen LogP contribution < -0.4 is 9.47 Å². The molecule has 0 atom stereocenters. The number of carbonyl (C=O) groups excluding carboxylic acids is 2. The third kappa shape index (κ3) is 10.2. The van der Waals surface area contributed by atoms with E-state index in [1.165, 1.54) is 14.2 Å². The molecule has 2 aliphatic rings. The number of allylic oxidation sites excluding steroid dienone is 1. The number of hydrogen-bond donors (Lipinski definition) is 3. The number of carbonyl (C=O) groups is 2. The number of aromatic nitrogens is 2. The summed E-state index contributed by atoms with van der Waals surface area (Å²) in [7, 11) is 2.39. The average Bonchev–Trinajstić information content (AvgIpc) is 3.85. The first-order chi connectivity index (χ1) is 22.9. The second kappa shape index (κ2) is 17.9. The summed E-state index contributed by atoms with van der Waals surface area (Å²) in [5.74, 6) is 0.147. The summed E-state index contributed by atoms with van der Waals surface area (Å²) < 4.78 is 32.4. The maximum atomic E-state index is 11.5. The lowest BCUT2D eigenvalue weighted by Gasteiger charge is -2.32. The second-order valence-corrected chi connectivity index (χ2v) is 12.1. The molecule has 5 rings (SSSR count). The van der Waals surface area contributed by atoms with E-state index in [1.807, 2.05) is 12.3 Å². The average molecular weight is 730 g/mol. The molecule has 0 amide bonds. The zero-order chi connectivity index (χ0) is 35.3. The van der Waals surface area contributed by atoms with Crippen molar-refractivity contribution in [1.29, 1.82) is 0 Å². The van der Waals surface area contributed by atoms with E-state index in [2.05, 4.69) is 68.3 Å². The van der Waals surface area contributed by atoms with Gasteiger partial charge >= 0.3 is 19.1 Å². The predicted octanol–water partition coefficient (Wildman–Crippen LogP) is 4.47. The molecular weight excluding hydrogens is 689 g/mol. The lowest BCUT2D eigenvalue weighted by molar-refractivity contribution is 0.00578. The van der Waals surface area contributed by atoms with Gasteiger partial charge < -0.3 is 38.5 Å². The van der Waals surface area contributed by atoms with Gasteiger partial charge in [-0.25, -0.2) is 9.59 Å². The molecule has 0 saturated carbocycles. The number of benzene rings is 2. The Morgan fingerprint density at radius 2 is 1.48 bits per heavy atom. The minimum absolute atomic E-state index is 0.0745. The van der Waals surface area contributed by atoms with Gasteiger partial charge in [-0.05, 0) is 85.5 Å².